The minimum atomic E-state index is -3.83. The molecule has 2 N–H and O–H groups in total. The maximum Gasteiger partial charge on any atom is 0.261 e. The summed E-state index contributed by atoms with van der Waals surface area (Å²) in [4.78, 5) is 0.0911. The van der Waals surface area contributed by atoms with E-state index < -0.39 is 20.0 Å². The van der Waals surface area contributed by atoms with E-state index in [1.807, 2.05) is 22.6 Å². The second-order valence-corrected chi connectivity index (χ2v) is 10.4. The lowest BCUT2D eigenvalue weighted by Gasteiger charge is -2.11. The maximum absolute atomic E-state index is 12.6. The molecular formula is C19H17IN2O5S2. The van der Waals surface area contributed by atoms with Gasteiger partial charge >= 0.3 is 0 Å². The van der Waals surface area contributed by atoms with E-state index in [0.717, 1.165) is 0 Å². The number of sulfonamides is 2. The number of benzene rings is 3. The molecule has 0 amide bonds. The van der Waals surface area contributed by atoms with Crippen LogP contribution >= 0.6 is 22.6 Å². The molecule has 10 heteroatoms. The van der Waals surface area contributed by atoms with E-state index in [1.165, 1.54) is 43.5 Å². The largest absolute Gasteiger partial charge is 0.496 e. The first-order chi connectivity index (χ1) is 13.7. The van der Waals surface area contributed by atoms with Gasteiger partial charge in [-0.3, -0.25) is 9.44 Å². The molecule has 0 atom stereocenters. The number of nitrogens with one attached hydrogen (secondary N) is 2. The second-order valence-electron chi connectivity index (χ2n) is 5.90. The zero-order valence-corrected chi connectivity index (χ0v) is 19.0. The van der Waals surface area contributed by atoms with Crippen molar-refractivity contribution < 1.29 is 21.6 Å². The van der Waals surface area contributed by atoms with Gasteiger partial charge in [0.15, 0.2) is 0 Å². The quantitative estimate of drug-likeness (QED) is 0.440. The molecule has 0 fully saturated rings. The van der Waals surface area contributed by atoms with Crippen LogP contribution < -0.4 is 14.2 Å². The molecular weight excluding hydrogens is 527 g/mol. The topological polar surface area (TPSA) is 102 Å². The Bertz CT molecular complexity index is 1210. The van der Waals surface area contributed by atoms with Crippen LogP contribution in [-0.2, 0) is 20.0 Å². The van der Waals surface area contributed by atoms with Gasteiger partial charge in [-0.25, -0.2) is 16.8 Å². The molecule has 152 valence electrons. The number of rotatable bonds is 7. The van der Waals surface area contributed by atoms with Crippen LogP contribution in [0.4, 0.5) is 11.4 Å². The van der Waals surface area contributed by atoms with Crippen LogP contribution in [-0.4, -0.2) is 23.9 Å². The Kier molecular flexibility index (Phi) is 6.34. The molecule has 0 unspecified atom stereocenters. The SMILES string of the molecule is COc1ccc(S(=O)(=O)Nc2ccc(S(=O)(=O)Nc3ccccc3)cc2)cc1I. The van der Waals surface area contributed by atoms with E-state index in [9.17, 15) is 16.8 Å². The highest BCUT2D eigenvalue weighted by Gasteiger charge is 2.18. The van der Waals surface area contributed by atoms with Crippen LogP contribution in [0.25, 0.3) is 0 Å². The predicted molar refractivity (Wildman–Crippen MR) is 120 cm³/mol. The summed E-state index contributed by atoms with van der Waals surface area (Å²) in [6.45, 7) is 0. The normalized spacial score (nSPS) is 11.7. The molecule has 29 heavy (non-hydrogen) atoms. The van der Waals surface area contributed by atoms with Crippen molar-refractivity contribution >= 4 is 54.0 Å². The Morgan fingerprint density at radius 3 is 1.79 bits per heavy atom. The predicted octanol–water partition coefficient (Wildman–Crippen LogP) is 3.90. The Morgan fingerprint density at radius 1 is 0.724 bits per heavy atom. The number of hydrogen-bond acceptors (Lipinski definition) is 5. The Hall–Kier alpha value is -2.31. The van der Waals surface area contributed by atoms with E-state index >= 15 is 0 Å². The third-order valence-corrected chi connectivity index (χ3v) is 7.50. The number of halogens is 1. The fraction of sp³-hybridized carbons (Fsp3) is 0.0526. The van der Waals surface area contributed by atoms with Gasteiger partial charge in [0.05, 0.1) is 20.5 Å². The molecule has 7 nitrogen and oxygen atoms in total. The van der Waals surface area contributed by atoms with Gasteiger partial charge in [-0.05, 0) is 77.2 Å². The first kappa shape index (κ1) is 21.4. The van der Waals surface area contributed by atoms with Gasteiger partial charge in [0.25, 0.3) is 20.0 Å². The lowest BCUT2D eigenvalue weighted by atomic mass is 10.3. The smallest absolute Gasteiger partial charge is 0.261 e. The van der Waals surface area contributed by atoms with E-state index in [-0.39, 0.29) is 15.5 Å². The van der Waals surface area contributed by atoms with Gasteiger partial charge in [0, 0.05) is 11.4 Å². The average Bonchev–Trinajstić information content (AvgIpc) is 2.68. The van der Waals surface area contributed by atoms with Crippen molar-refractivity contribution in [2.75, 3.05) is 16.6 Å². The molecule has 0 saturated carbocycles. The molecule has 0 aliphatic rings. The fourth-order valence-corrected chi connectivity index (χ4v) is 5.54. The van der Waals surface area contributed by atoms with E-state index in [2.05, 4.69) is 9.44 Å². The van der Waals surface area contributed by atoms with Crippen LogP contribution in [0.1, 0.15) is 0 Å². The minimum absolute atomic E-state index is 0.0169. The molecule has 0 bridgehead atoms. The van der Waals surface area contributed by atoms with Crippen LogP contribution in [0.15, 0.2) is 82.6 Å². The molecule has 0 radical (unpaired) electrons. The summed E-state index contributed by atoms with van der Waals surface area (Å²) < 4.78 is 60.8. The molecule has 3 aromatic carbocycles. The molecule has 0 heterocycles. The van der Waals surface area contributed by atoms with Crippen molar-refractivity contribution in [3.8, 4) is 5.75 Å². The minimum Gasteiger partial charge on any atom is -0.496 e. The van der Waals surface area contributed by atoms with Gasteiger partial charge in [0.2, 0.25) is 0 Å². The Morgan fingerprint density at radius 2 is 1.24 bits per heavy atom. The Labute approximate surface area is 183 Å². The molecule has 0 spiro atoms. The van der Waals surface area contributed by atoms with Crippen molar-refractivity contribution in [1.29, 1.82) is 0 Å². The summed E-state index contributed by atoms with van der Waals surface area (Å²) in [5.41, 5.74) is 0.681. The first-order valence-electron chi connectivity index (χ1n) is 8.25. The van der Waals surface area contributed by atoms with Gasteiger partial charge in [-0.2, -0.15) is 0 Å². The molecule has 0 aliphatic carbocycles. The third-order valence-electron chi connectivity index (χ3n) is 3.88. The second kappa shape index (κ2) is 8.59. The van der Waals surface area contributed by atoms with Crippen molar-refractivity contribution in [2.45, 2.75) is 9.79 Å². The summed E-state index contributed by atoms with van der Waals surface area (Å²) in [7, 11) is -6.11. The third kappa shape index (κ3) is 5.19. The molecule has 0 saturated heterocycles. The van der Waals surface area contributed by atoms with Gasteiger partial charge in [0.1, 0.15) is 5.75 Å². The molecule has 0 aliphatic heterocycles. The highest BCUT2D eigenvalue weighted by Crippen LogP contribution is 2.26. The highest BCUT2D eigenvalue weighted by molar-refractivity contribution is 14.1. The van der Waals surface area contributed by atoms with Crippen molar-refractivity contribution in [3.63, 3.8) is 0 Å². The van der Waals surface area contributed by atoms with Crippen molar-refractivity contribution in [2.24, 2.45) is 0 Å². The standard InChI is InChI=1S/C19H17IN2O5S2/c1-27-19-12-11-17(13-18(19)20)29(25,26)22-15-7-9-16(10-8-15)28(23,24)21-14-5-3-2-4-6-14/h2-13,21-22H,1H3. The summed E-state index contributed by atoms with van der Waals surface area (Å²) in [5, 5.41) is 0. The lowest BCUT2D eigenvalue weighted by Crippen LogP contribution is -2.14. The number of anilines is 2. The maximum atomic E-state index is 12.6. The lowest BCUT2D eigenvalue weighted by molar-refractivity contribution is 0.411. The van der Waals surface area contributed by atoms with Gasteiger partial charge < -0.3 is 4.74 Å². The van der Waals surface area contributed by atoms with E-state index in [4.69, 9.17) is 4.74 Å². The van der Waals surface area contributed by atoms with E-state index in [0.29, 0.717) is 15.0 Å². The zero-order valence-electron chi connectivity index (χ0n) is 15.2. The molecule has 3 rings (SSSR count). The van der Waals surface area contributed by atoms with E-state index in [1.54, 1.807) is 36.4 Å². The van der Waals surface area contributed by atoms with Crippen LogP contribution in [0.5, 0.6) is 5.75 Å². The van der Waals surface area contributed by atoms with Crippen molar-refractivity contribution in [1.82, 2.24) is 0 Å². The highest BCUT2D eigenvalue weighted by atomic mass is 127. The Balaban J connectivity index is 1.79. The number of methoxy groups -OCH3 is 1. The first-order valence-corrected chi connectivity index (χ1v) is 12.3. The van der Waals surface area contributed by atoms with Crippen LogP contribution in [0, 0.1) is 3.57 Å². The summed E-state index contributed by atoms with van der Waals surface area (Å²) in [6.07, 6.45) is 0. The summed E-state index contributed by atoms with van der Waals surface area (Å²) in [5.74, 6) is 0.574. The summed E-state index contributed by atoms with van der Waals surface area (Å²) >= 11 is 1.99. The van der Waals surface area contributed by atoms with Crippen LogP contribution in [0.2, 0.25) is 0 Å². The van der Waals surface area contributed by atoms with Crippen molar-refractivity contribution in [3.05, 3.63) is 76.4 Å². The molecule has 3 aromatic rings. The number of ether oxygens (including phenoxy) is 1. The molecule has 0 aromatic heterocycles. The number of para-hydroxylation sites is 1. The fourth-order valence-electron chi connectivity index (χ4n) is 2.45. The monoisotopic (exact) mass is 544 g/mol. The van der Waals surface area contributed by atoms with Gasteiger partial charge in [-0.1, -0.05) is 18.2 Å². The zero-order chi connectivity index (χ0) is 21.1. The average molecular weight is 544 g/mol. The summed E-state index contributed by atoms with van der Waals surface area (Å²) in [6, 6.07) is 18.4. The number of hydrogen-bond donors (Lipinski definition) is 2. The van der Waals surface area contributed by atoms with Crippen LogP contribution in [0.3, 0.4) is 0 Å². The van der Waals surface area contributed by atoms with Gasteiger partial charge in [-0.15, -0.1) is 0 Å².